The molecule has 9 nitrogen and oxygen atoms in total. The minimum Gasteiger partial charge on any atom is -0.330 e. The smallest absolute Gasteiger partial charge is 0.330 e. The number of phosphoric ester groups is 1. The van der Waals surface area contributed by atoms with E-state index < -0.39 is 21.9 Å². The van der Waals surface area contributed by atoms with Crippen LogP contribution in [0.25, 0.3) is 0 Å². The van der Waals surface area contributed by atoms with E-state index in [1.165, 1.54) is 0 Å². The molecule has 0 spiro atoms. The number of hydrogen-bond donors (Lipinski definition) is 5. The first-order valence-corrected chi connectivity index (χ1v) is 6.92. The second kappa shape index (κ2) is 6.05. The maximum atomic E-state index is 10.9. The Morgan fingerprint density at radius 2 is 1.80 bits per heavy atom. The number of rotatable bonds is 7. The van der Waals surface area contributed by atoms with Gasteiger partial charge in [0, 0.05) is 0 Å². The van der Waals surface area contributed by atoms with Crippen molar-refractivity contribution >= 4 is 15.6 Å². The van der Waals surface area contributed by atoms with Crippen LogP contribution < -0.4 is 11.5 Å². The normalized spacial score (nSPS) is 18.5. The van der Waals surface area contributed by atoms with E-state index in [-0.39, 0.29) is 6.42 Å². The Balaban J connectivity index is 4.14. The Hall–Kier alpha value is 0.180. The van der Waals surface area contributed by atoms with Crippen molar-refractivity contribution in [3.63, 3.8) is 0 Å². The third kappa shape index (κ3) is 9.13. The molecule has 0 saturated heterocycles. The fraction of sp³-hybridized carbons (Fsp3) is 1.00. The molecule has 0 heterocycles. The van der Waals surface area contributed by atoms with Crippen molar-refractivity contribution in [1.29, 1.82) is 0 Å². The van der Waals surface area contributed by atoms with E-state index in [0.29, 0.717) is 13.0 Å². The van der Waals surface area contributed by atoms with E-state index in [9.17, 15) is 9.13 Å². The van der Waals surface area contributed by atoms with Gasteiger partial charge in [0.15, 0.2) is 0 Å². The molecule has 0 aromatic carbocycles. The minimum absolute atomic E-state index is 0.172. The van der Waals surface area contributed by atoms with Crippen molar-refractivity contribution < 1.29 is 32.6 Å². The molecule has 92 valence electrons. The Bertz CT molecular complexity index is 278. The van der Waals surface area contributed by atoms with Gasteiger partial charge >= 0.3 is 15.6 Å². The first kappa shape index (κ1) is 15.2. The van der Waals surface area contributed by atoms with Gasteiger partial charge in [0.1, 0.15) is 6.23 Å². The largest absolute Gasteiger partial charge is 0.482 e. The lowest BCUT2D eigenvalue weighted by atomic mass is 10.3. The predicted octanol–water partition coefficient (Wildman–Crippen LogP) is -0.764. The lowest BCUT2D eigenvalue weighted by Gasteiger charge is -2.16. The van der Waals surface area contributed by atoms with Gasteiger partial charge in [0.2, 0.25) is 0 Å². The molecule has 0 aliphatic heterocycles. The fourth-order valence-electron chi connectivity index (χ4n) is 0.696. The molecule has 2 unspecified atom stereocenters. The van der Waals surface area contributed by atoms with Crippen LogP contribution in [0.3, 0.4) is 0 Å². The molecule has 0 bridgehead atoms. The third-order valence-electron chi connectivity index (χ3n) is 1.17. The van der Waals surface area contributed by atoms with Crippen LogP contribution in [-0.2, 0) is 18.0 Å². The van der Waals surface area contributed by atoms with Gasteiger partial charge in [-0.15, -0.1) is 0 Å². The highest BCUT2D eigenvalue weighted by Gasteiger charge is 2.33. The molecule has 0 aromatic heterocycles. The molecule has 0 aliphatic carbocycles. The topological polar surface area (TPSA) is 165 Å². The summed E-state index contributed by atoms with van der Waals surface area (Å²) in [5.41, 5.74) is 10.4. The number of phosphoric acid groups is 2. The minimum atomic E-state index is -5.09. The van der Waals surface area contributed by atoms with Gasteiger partial charge < -0.3 is 26.1 Å². The predicted molar refractivity (Wildman–Crippen MR) is 50.3 cm³/mol. The first-order chi connectivity index (χ1) is 6.66. The van der Waals surface area contributed by atoms with Crippen molar-refractivity contribution in [3.8, 4) is 0 Å². The van der Waals surface area contributed by atoms with Crippen LogP contribution in [0, 0.1) is 0 Å². The average molecular weight is 264 g/mol. The molecule has 0 aromatic rings. The van der Waals surface area contributed by atoms with Crippen LogP contribution in [-0.4, -0.2) is 27.5 Å². The summed E-state index contributed by atoms with van der Waals surface area (Å²) in [5, 5.41) is 0. The molecular weight excluding hydrogens is 250 g/mol. The quantitative estimate of drug-likeness (QED) is 0.293. The van der Waals surface area contributed by atoms with E-state index in [1.54, 1.807) is 0 Å². The van der Waals surface area contributed by atoms with Gasteiger partial charge in [-0.3, -0.25) is 4.52 Å². The van der Waals surface area contributed by atoms with Gasteiger partial charge in [-0.2, -0.15) is 4.31 Å². The maximum Gasteiger partial charge on any atom is 0.482 e. The molecule has 0 aliphatic rings. The Morgan fingerprint density at radius 1 is 1.27 bits per heavy atom. The highest BCUT2D eigenvalue weighted by Crippen LogP contribution is 2.57. The molecule has 7 N–H and O–H groups in total. The zero-order valence-electron chi connectivity index (χ0n) is 7.72. The fourth-order valence-corrected chi connectivity index (χ4v) is 2.37. The second-order valence-electron chi connectivity index (χ2n) is 2.62. The average Bonchev–Trinajstić information content (AvgIpc) is 1.94. The van der Waals surface area contributed by atoms with E-state index in [0.717, 1.165) is 0 Å². The van der Waals surface area contributed by atoms with Gasteiger partial charge in [0.05, 0.1) is 0 Å². The maximum absolute atomic E-state index is 10.9. The number of hydrogen-bond acceptors (Lipinski definition) is 6. The van der Waals surface area contributed by atoms with Crippen molar-refractivity contribution in [2.24, 2.45) is 11.5 Å². The van der Waals surface area contributed by atoms with Crippen LogP contribution in [0.1, 0.15) is 12.8 Å². The zero-order chi connectivity index (χ0) is 12.1. The molecule has 0 radical (unpaired) electrons. The summed E-state index contributed by atoms with van der Waals surface area (Å²) in [6.07, 6.45) is -0.557. The molecule has 0 saturated carbocycles. The van der Waals surface area contributed by atoms with Gasteiger partial charge in [-0.25, -0.2) is 9.13 Å². The van der Waals surface area contributed by atoms with E-state index in [2.05, 4.69) is 8.83 Å². The van der Waals surface area contributed by atoms with E-state index in [4.69, 9.17) is 26.1 Å². The molecule has 2 atom stereocenters. The van der Waals surface area contributed by atoms with Crippen LogP contribution in [0.4, 0.5) is 0 Å². The summed E-state index contributed by atoms with van der Waals surface area (Å²) in [7, 11) is -9.93. The summed E-state index contributed by atoms with van der Waals surface area (Å²) < 4.78 is 28.9. The Morgan fingerprint density at radius 3 is 2.20 bits per heavy atom. The van der Waals surface area contributed by atoms with Crippen LogP contribution in [0.2, 0.25) is 0 Å². The summed E-state index contributed by atoms with van der Waals surface area (Å²) in [5.74, 6) is 0. The second-order valence-corrected chi connectivity index (χ2v) is 5.40. The summed E-state index contributed by atoms with van der Waals surface area (Å²) in [6.45, 7) is 0.312. The lowest BCUT2D eigenvalue weighted by molar-refractivity contribution is 0.124. The molecule has 0 amide bonds. The van der Waals surface area contributed by atoms with Crippen molar-refractivity contribution in [3.05, 3.63) is 0 Å². The standard InChI is InChI=1S/C4H14N2O7P2/c5-3-1-2-4(6)12-15(10,11)13-14(7,8)9/h4H,1-3,5-6H2,(H,10,11)(H2,7,8,9). The Kier molecular flexibility index (Phi) is 6.12. The van der Waals surface area contributed by atoms with Crippen molar-refractivity contribution in [1.82, 2.24) is 0 Å². The highest BCUT2D eigenvalue weighted by molar-refractivity contribution is 7.60. The summed E-state index contributed by atoms with van der Waals surface area (Å²) in [6, 6.07) is 0. The molecule has 11 heteroatoms. The van der Waals surface area contributed by atoms with Crippen LogP contribution in [0.5, 0.6) is 0 Å². The van der Waals surface area contributed by atoms with Crippen LogP contribution >= 0.6 is 15.6 Å². The van der Waals surface area contributed by atoms with E-state index >= 15 is 0 Å². The monoisotopic (exact) mass is 264 g/mol. The molecular formula is C4H14N2O7P2. The van der Waals surface area contributed by atoms with Gasteiger partial charge in [-0.05, 0) is 19.4 Å². The van der Waals surface area contributed by atoms with E-state index in [1.807, 2.05) is 0 Å². The summed E-state index contributed by atoms with van der Waals surface area (Å²) >= 11 is 0. The first-order valence-electron chi connectivity index (χ1n) is 3.90. The Labute approximate surface area is 86.2 Å². The van der Waals surface area contributed by atoms with Crippen molar-refractivity contribution in [2.75, 3.05) is 6.54 Å². The van der Waals surface area contributed by atoms with Gasteiger partial charge in [-0.1, -0.05) is 0 Å². The third-order valence-corrected chi connectivity index (χ3v) is 3.38. The molecule has 0 fully saturated rings. The van der Waals surface area contributed by atoms with Crippen molar-refractivity contribution in [2.45, 2.75) is 19.1 Å². The lowest BCUT2D eigenvalue weighted by Crippen LogP contribution is -2.23. The summed E-state index contributed by atoms with van der Waals surface area (Å²) in [4.78, 5) is 25.3. The highest BCUT2D eigenvalue weighted by atomic mass is 31.3. The zero-order valence-corrected chi connectivity index (χ0v) is 9.51. The van der Waals surface area contributed by atoms with Gasteiger partial charge in [0.25, 0.3) is 0 Å². The molecule has 15 heavy (non-hydrogen) atoms. The molecule has 0 rings (SSSR count). The van der Waals surface area contributed by atoms with Crippen LogP contribution in [0.15, 0.2) is 0 Å². The number of nitrogens with two attached hydrogens (primary N) is 2. The SMILES string of the molecule is NCCCC(N)OP(=O)(O)OP(=O)(O)O.